The molecular weight excluding hydrogens is 310 g/mol. The Morgan fingerprint density at radius 3 is 2.25 bits per heavy atom. The summed E-state index contributed by atoms with van der Waals surface area (Å²) in [4.78, 5) is 0. The number of hydrogen-bond donors (Lipinski definition) is 0. The lowest BCUT2D eigenvalue weighted by Gasteiger charge is -2.10. The zero-order valence-electron chi connectivity index (χ0n) is 13.2. The molecule has 0 amide bonds. The van der Waals surface area contributed by atoms with Crippen LogP contribution < -0.4 is 4.74 Å². The first-order valence-electron chi connectivity index (χ1n) is 7.50. The average Bonchev–Trinajstić information content (AvgIpc) is 2.90. The minimum absolute atomic E-state index is 0.348. The van der Waals surface area contributed by atoms with Gasteiger partial charge in [-0.15, -0.1) is 0 Å². The molecule has 0 aliphatic rings. The highest BCUT2D eigenvalue weighted by Crippen LogP contribution is 2.36. The molecule has 3 nitrogen and oxygen atoms in total. The van der Waals surface area contributed by atoms with Gasteiger partial charge in [-0.05, 0) is 25.1 Å². The van der Waals surface area contributed by atoms with Gasteiger partial charge in [0.15, 0.2) is 0 Å². The first-order valence-corrected chi connectivity index (χ1v) is 7.50. The number of ether oxygens (including phenoxy) is 1. The quantitative estimate of drug-likeness (QED) is 0.531. The van der Waals surface area contributed by atoms with E-state index < -0.39 is 11.6 Å². The Hall–Kier alpha value is -2.95. The largest absolute Gasteiger partial charge is 0.496 e. The molecule has 0 unspecified atom stereocenters. The molecule has 120 valence electrons. The van der Waals surface area contributed by atoms with Gasteiger partial charge in [0, 0.05) is 22.2 Å². The zero-order chi connectivity index (χ0) is 16.8. The van der Waals surface area contributed by atoms with Gasteiger partial charge >= 0.3 is 0 Å². The lowest BCUT2D eigenvalue weighted by molar-refractivity contribution is 0.420. The van der Waals surface area contributed by atoms with Crippen LogP contribution in [0.4, 0.5) is 8.78 Å². The monoisotopic (exact) mass is 324 g/mol. The minimum atomic E-state index is -0.635. The Morgan fingerprint density at radius 1 is 0.917 bits per heavy atom. The maximum atomic E-state index is 13.7. The van der Waals surface area contributed by atoms with Gasteiger partial charge in [0.1, 0.15) is 17.4 Å². The Kier molecular flexibility index (Phi) is 3.23. The fourth-order valence-corrected chi connectivity index (χ4v) is 3.10. The number of methoxy groups -OCH3 is 1. The van der Waals surface area contributed by atoms with Gasteiger partial charge < -0.3 is 4.74 Å². The first-order chi connectivity index (χ1) is 11.6. The summed E-state index contributed by atoms with van der Waals surface area (Å²) in [7, 11) is 1.62. The van der Waals surface area contributed by atoms with Gasteiger partial charge in [-0.3, -0.25) is 0 Å². The van der Waals surface area contributed by atoms with Crippen LogP contribution in [0.5, 0.6) is 5.75 Å². The number of aromatic nitrogens is 2. The Bertz CT molecular complexity index is 1070. The highest BCUT2D eigenvalue weighted by molar-refractivity contribution is 6.09. The van der Waals surface area contributed by atoms with Gasteiger partial charge in [-0.25, -0.2) is 13.5 Å². The number of nitrogens with zero attached hydrogens (tertiary/aromatic N) is 2. The summed E-state index contributed by atoms with van der Waals surface area (Å²) in [5, 5.41) is 7.22. The van der Waals surface area contributed by atoms with E-state index in [0.717, 1.165) is 39.2 Å². The summed E-state index contributed by atoms with van der Waals surface area (Å²) in [5.41, 5.74) is 1.91. The van der Waals surface area contributed by atoms with E-state index in [2.05, 4.69) is 5.10 Å². The van der Waals surface area contributed by atoms with Gasteiger partial charge in [0.05, 0.1) is 24.0 Å². The van der Waals surface area contributed by atoms with Gasteiger partial charge in [-0.1, -0.05) is 24.3 Å². The maximum absolute atomic E-state index is 13.7. The lowest BCUT2D eigenvalue weighted by Crippen LogP contribution is -1.99. The number of halogens is 2. The molecule has 0 N–H and O–H groups in total. The second kappa shape index (κ2) is 5.30. The predicted molar refractivity (Wildman–Crippen MR) is 89.8 cm³/mol. The zero-order valence-corrected chi connectivity index (χ0v) is 13.2. The summed E-state index contributed by atoms with van der Waals surface area (Å²) in [5.74, 6) is -0.528. The van der Waals surface area contributed by atoms with Crippen molar-refractivity contribution in [3.05, 3.63) is 65.9 Å². The molecule has 0 saturated heterocycles. The number of benzene rings is 3. The van der Waals surface area contributed by atoms with Crippen molar-refractivity contribution in [2.75, 3.05) is 7.11 Å². The SMILES string of the molecule is COc1cc2c(C)nn(-c3cc(F)cc(F)c3)c2c2ccccc12. The van der Waals surface area contributed by atoms with Crippen LogP contribution in [0.1, 0.15) is 5.69 Å². The fourth-order valence-electron chi connectivity index (χ4n) is 3.10. The third-order valence-corrected chi connectivity index (χ3v) is 4.14. The van der Waals surface area contributed by atoms with E-state index in [0.29, 0.717) is 5.69 Å². The second-order valence-electron chi connectivity index (χ2n) is 5.65. The molecule has 4 aromatic rings. The van der Waals surface area contributed by atoms with Crippen LogP contribution in [0.15, 0.2) is 48.5 Å². The van der Waals surface area contributed by atoms with Crippen molar-refractivity contribution < 1.29 is 13.5 Å². The van der Waals surface area contributed by atoms with Crippen molar-refractivity contribution in [3.8, 4) is 11.4 Å². The molecule has 0 aliphatic heterocycles. The normalized spacial score (nSPS) is 11.3. The van der Waals surface area contributed by atoms with E-state index in [-0.39, 0.29) is 0 Å². The van der Waals surface area contributed by atoms with Crippen LogP contribution in [-0.2, 0) is 0 Å². The molecule has 0 saturated carbocycles. The van der Waals surface area contributed by atoms with E-state index in [9.17, 15) is 8.78 Å². The van der Waals surface area contributed by atoms with E-state index in [1.165, 1.54) is 12.1 Å². The summed E-state index contributed by atoms with van der Waals surface area (Å²) < 4.78 is 34.4. The lowest BCUT2D eigenvalue weighted by atomic mass is 10.0. The standard InChI is InChI=1S/C19H14F2N2O/c1-11-17-10-18(24-2)15-5-3-4-6-16(15)19(17)23(22-11)14-8-12(20)7-13(21)9-14/h3-10H,1-2H3. The molecule has 0 radical (unpaired) electrons. The van der Waals surface area contributed by atoms with E-state index in [1.54, 1.807) is 11.8 Å². The molecule has 1 aromatic heterocycles. The molecule has 1 heterocycles. The molecule has 3 aromatic carbocycles. The van der Waals surface area contributed by atoms with Crippen molar-refractivity contribution in [1.82, 2.24) is 9.78 Å². The van der Waals surface area contributed by atoms with Crippen LogP contribution in [-0.4, -0.2) is 16.9 Å². The fraction of sp³-hybridized carbons (Fsp3) is 0.105. The average molecular weight is 324 g/mol. The van der Waals surface area contributed by atoms with Gasteiger partial charge in [0.25, 0.3) is 0 Å². The van der Waals surface area contributed by atoms with Gasteiger partial charge in [-0.2, -0.15) is 5.10 Å². The topological polar surface area (TPSA) is 27.1 Å². The second-order valence-corrected chi connectivity index (χ2v) is 5.65. The van der Waals surface area contributed by atoms with Crippen molar-refractivity contribution in [2.24, 2.45) is 0 Å². The molecule has 0 fully saturated rings. The van der Waals surface area contributed by atoms with Crippen molar-refractivity contribution in [1.29, 1.82) is 0 Å². The van der Waals surface area contributed by atoms with Crippen molar-refractivity contribution in [2.45, 2.75) is 6.92 Å². The number of rotatable bonds is 2. The van der Waals surface area contributed by atoms with E-state index in [4.69, 9.17) is 4.74 Å². The third-order valence-electron chi connectivity index (χ3n) is 4.14. The molecule has 0 aliphatic carbocycles. The van der Waals surface area contributed by atoms with Crippen molar-refractivity contribution in [3.63, 3.8) is 0 Å². The smallest absolute Gasteiger partial charge is 0.128 e. The van der Waals surface area contributed by atoms with Crippen LogP contribution in [0.3, 0.4) is 0 Å². The van der Waals surface area contributed by atoms with Crippen LogP contribution >= 0.6 is 0 Å². The summed E-state index contributed by atoms with van der Waals surface area (Å²) in [6.45, 7) is 1.86. The molecule has 0 atom stereocenters. The Labute approximate surface area is 137 Å². The summed E-state index contributed by atoms with van der Waals surface area (Å²) in [6, 6.07) is 13.0. The molecule has 0 spiro atoms. The number of fused-ring (bicyclic) bond motifs is 3. The number of hydrogen-bond acceptors (Lipinski definition) is 2. The summed E-state index contributed by atoms with van der Waals surface area (Å²) >= 11 is 0. The highest BCUT2D eigenvalue weighted by Gasteiger charge is 2.16. The maximum Gasteiger partial charge on any atom is 0.128 e. The van der Waals surface area contributed by atoms with Crippen LogP contribution in [0.25, 0.3) is 27.4 Å². The molecule has 0 bridgehead atoms. The molecule has 24 heavy (non-hydrogen) atoms. The van der Waals surface area contributed by atoms with Crippen LogP contribution in [0.2, 0.25) is 0 Å². The molecule has 4 rings (SSSR count). The Balaban J connectivity index is 2.16. The van der Waals surface area contributed by atoms with E-state index in [1.807, 2.05) is 37.3 Å². The first kappa shape index (κ1) is 14.6. The predicted octanol–water partition coefficient (Wildman–Crippen LogP) is 4.77. The Morgan fingerprint density at radius 2 is 1.58 bits per heavy atom. The molecular formula is C19H14F2N2O. The third kappa shape index (κ3) is 2.12. The number of aryl methyl sites for hydroxylation is 1. The highest BCUT2D eigenvalue weighted by atomic mass is 19.1. The van der Waals surface area contributed by atoms with E-state index >= 15 is 0 Å². The van der Waals surface area contributed by atoms with Crippen molar-refractivity contribution >= 4 is 21.7 Å². The summed E-state index contributed by atoms with van der Waals surface area (Å²) in [6.07, 6.45) is 0. The minimum Gasteiger partial charge on any atom is -0.496 e. The van der Waals surface area contributed by atoms with Crippen LogP contribution in [0, 0.1) is 18.6 Å². The van der Waals surface area contributed by atoms with Gasteiger partial charge in [0.2, 0.25) is 0 Å². The molecule has 5 heteroatoms.